The van der Waals surface area contributed by atoms with Crippen molar-refractivity contribution in [2.24, 2.45) is 12.8 Å². The van der Waals surface area contributed by atoms with Crippen LogP contribution in [0.2, 0.25) is 0 Å². The zero-order valence-corrected chi connectivity index (χ0v) is 7.79. The molecule has 13 heavy (non-hydrogen) atoms. The normalized spacial score (nSPS) is 10.0. The van der Waals surface area contributed by atoms with Gasteiger partial charge in [-0.1, -0.05) is 0 Å². The summed E-state index contributed by atoms with van der Waals surface area (Å²) >= 11 is 0. The van der Waals surface area contributed by atoms with Gasteiger partial charge >= 0.3 is 0 Å². The summed E-state index contributed by atoms with van der Waals surface area (Å²) in [6.45, 7) is 0.986. The second-order valence-electron chi connectivity index (χ2n) is 3.00. The van der Waals surface area contributed by atoms with Gasteiger partial charge < -0.3 is 15.6 Å². The summed E-state index contributed by atoms with van der Waals surface area (Å²) in [7, 11) is 1.95. The molecule has 0 aliphatic rings. The molecule has 0 fully saturated rings. The number of aryl methyl sites for hydroxylation is 1. The van der Waals surface area contributed by atoms with Gasteiger partial charge in [0.15, 0.2) is 0 Å². The van der Waals surface area contributed by atoms with Gasteiger partial charge in [-0.25, -0.2) is 0 Å². The number of rotatable bonds is 4. The van der Waals surface area contributed by atoms with Crippen molar-refractivity contribution in [2.45, 2.75) is 13.0 Å². The molecule has 0 bridgehead atoms. The molecule has 0 spiro atoms. The number of nitrogens with one attached hydrogen (secondary N) is 1. The maximum absolute atomic E-state index is 11.0. The van der Waals surface area contributed by atoms with E-state index in [0.717, 1.165) is 5.56 Å². The number of nitrogens with zero attached hydrogens (tertiary/aromatic N) is 1. The van der Waals surface area contributed by atoms with Crippen LogP contribution < -0.4 is 11.1 Å². The fourth-order valence-corrected chi connectivity index (χ4v) is 1.09. The number of amides is 1. The monoisotopic (exact) mass is 181 g/mol. The van der Waals surface area contributed by atoms with Crippen LogP contribution >= 0.6 is 0 Å². The lowest BCUT2D eigenvalue weighted by molar-refractivity contribution is -0.121. The van der Waals surface area contributed by atoms with Crippen LogP contribution in [0.1, 0.15) is 12.0 Å². The third kappa shape index (κ3) is 3.29. The van der Waals surface area contributed by atoms with Gasteiger partial charge in [-0.3, -0.25) is 4.79 Å². The van der Waals surface area contributed by atoms with E-state index in [4.69, 9.17) is 5.73 Å². The number of aromatic nitrogens is 1. The molecule has 1 heterocycles. The zero-order chi connectivity index (χ0) is 9.68. The third-order valence-electron chi connectivity index (χ3n) is 1.75. The molecule has 0 aliphatic heterocycles. The zero-order valence-electron chi connectivity index (χ0n) is 7.79. The third-order valence-corrected chi connectivity index (χ3v) is 1.75. The summed E-state index contributed by atoms with van der Waals surface area (Å²) in [6, 6.07) is 1.97. The van der Waals surface area contributed by atoms with Crippen molar-refractivity contribution in [3.8, 4) is 0 Å². The molecule has 1 rings (SSSR count). The predicted octanol–water partition coefficient (Wildman–Crippen LogP) is -0.00990. The number of hydrogen-bond donors (Lipinski definition) is 2. The Hall–Kier alpha value is -1.29. The minimum absolute atomic E-state index is 0.00588. The molecular formula is C9H15N3O. The molecule has 0 saturated carbocycles. The summed E-state index contributed by atoms with van der Waals surface area (Å²) < 4.78 is 1.95. The van der Waals surface area contributed by atoms with Crippen LogP contribution in [0.25, 0.3) is 0 Å². The molecule has 0 radical (unpaired) electrons. The molecule has 0 saturated heterocycles. The maximum Gasteiger partial charge on any atom is 0.221 e. The van der Waals surface area contributed by atoms with E-state index in [9.17, 15) is 4.79 Å². The standard InChI is InChI=1S/C9H15N3O/c1-12-5-3-8(7-12)6-11-9(13)2-4-10/h3,5,7H,2,4,6,10H2,1H3,(H,11,13). The van der Waals surface area contributed by atoms with Gasteiger partial charge in [0, 0.05) is 39.0 Å². The first-order valence-corrected chi connectivity index (χ1v) is 4.30. The maximum atomic E-state index is 11.0. The Balaban J connectivity index is 2.30. The summed E-state index contributed by atoms with van der Waals surface area (Å²) in [4.78, 5) is 11.0. The average Bonchev–Trinajstić information content (AvgIpc) is 2.49. The number of carbonyl (C=O) groups excluding carboxylic acids is 1. The fraction of sp³-hybridized carbons (Fsp3) is 0.444. The van der Waals surface area contributed by atoms with Crippen LogP contribution in [0.15, 0.2) is 18.5 Å². The van der Waals surface area contributed by atoms with Crippen LogP contribution in [-0.4, -0.2) is 17.0 Å². The van der Waals surface area contributed by atoms with Gasteiger partial charge in [-0.15, -0.1) is 0 Å². The van der Waals surface area contributed by atoms with Gasteiger partial charge in [0.2, 0.25) is 5.91 Å². The molecule has 1 aromatic rings. The van der Waals surface area contributed by atoms with E-state index >= 15 is 0 Å². The van der Waals surface area contributed by atoms with E-state index in [1.54, 1.807) is 0 Å². The second kappa shape index (κ2) is 4.67. The largest absolute Gasteiger partial charge is 0.357 e. The Kier molecular flexibility index (Phi) is 3.52. The number of nitrogens with two attached hydrogens (primary N) is 1. The highest BCUT2D eigenvalue weighted by Gasteiger charge is 1.99. The molecule has 0 aromatic carbocycles. The molecule has 4 heteroatoms. The van der Waals surface area contributed by atoms with Gasteiger partial charge in [-0.2, -0.15) is 0 Å². The average molecular weight is 181 g/mol. The molecule has 0 aliphatic carbocycles. The number of carbonyl (C=O) groups is 1. The Labute approximate surface area is 77.7 Å². The van der Waals surface area contributed by atoms with Crippen LogP contribution in [0, 0.1) is 0 Å². The van der Waals surface area contributed by atoms with E-state index in [1.165, 1.54) is 0 Å². The van der Waals surface area contributed by atoms with Crippen molar-refractivity contribution in [2.75, 3.05) is 6.54 Å². The number of hydrogen-bond acceptors (Lipinski definition) is 2. The first-order chi connectivity index (χ1) is 6.22. The molecule has 4 nitrogen and oxygen atoms in total. The first-order valence-electron chi connectivity index (χ1n) is 4.30. The molecule has 72 valence electrons. The topological polar surface area (TPSA) is 60.0 Å². The van der Waals surface area contributed by atoms with E-state index in [0.29, 0.717) is 19.5 Å². The minimum Gasteiger partial charge on any atom is -0.357 e. The SMILES string of the molecule is Cn1ccc(CNC(=O)CCN)c1. The van der Waals surface area contributed by atoms with Crippen molar-refractivity contribution in [1.29, 1.82) is 0 Å². The molecule has 1 amide bonds. The summed E-state index contributed by atoms with van der Waals surface area (Å²) in [5.74, 6) is 0.00588. The highest BCUT2D eigenvalue weighted by Crippen LogP contribution is 1.98. The summed E-state index contributed by atoms with van der Waals surface area (Å²) in [5, 5.41) is 2.78. The lowest BCUT2D eigenvalue weighted by atomic mass is 10.3. The molecule has 1 aromatic heterocycles. The van der Waals surface area contributed by atoms with Gasteiger partial charge in [-0.05, 0) is 11.6 Å². The summed E-state index contributed by atoms with van der Waals surface area (Å²) in [5.41, 5.74) is 6.34. The van der Waals surface area contributed by atoms with Gasteiger partial charge in [0.25, 0.3) is 0 Å². The van der Waals surface area contributed by atoms with Crippen molar-refractivity contribution in [1.82, 2.24) is 9.88 Å². The smallest absolute Gasteiger partial charge is 0.221 e. The highest BCUT2D eigenvalue weighted by molar-refractivity contribution is 5.75. The van der Waals surface area contributed by atoms with Gasteiger partial charge in [0.1, 0.15) is 0 Å². The molecular weight excluding hydrogens is 166 g/mol. The van der Waals surface area contributed by atoms with Crippen LogP contribution in [0.5, 0.6) is 0 Å². The van der Waals surface area contributed by atoms with Crippen molar-refractivity contribution in [3.63, 3.8) is 0 Å². The lowest BCUT2D eigenvalue weighted by Gasteiger charge is -2.01. The summed E-state index contributed by atoms with van der Waals surface area (Å²) in [6.07, 6.45) is 4.32. The van der Waals surface area contributed by atoms with E-state index in [1.807, 2.05) is 30.1 Å². The molecule has 0 unspecified atom stereocenters. The van der Waals surface area contributed by atoms with Crippen LogP contribution in [-0.2, 0) is 18.4 Å². The first kappa shape index (κ1) is 9.80. The van der Waals surface area contributed by atoms with Crippen molar-refractivity contribution >= 4 is 5.91 Å². The van der Waals surface area contributed by atoms with Crippen LogP contribution in [0.3, 0.4) is 0 Å². The van der Waals surface area contributed by atoms with Crippen LogP contribution in [0.4, 0.5) is 0 Å². The van der Waals surface area contributed by atoms with E-state index < -0.39 is 0 Å². The predicted molar refractivity (Wildman–Crippen MR) is 50.9 cm³/mol. The Bertz CT molecular complexity index is 280. The molecule has 0 atom stereocenters. The lowest BCUT2D eigenvalue weighted by Crippen LogP contribution is -2.24. The Morgan fingerprint density at radius 3 is 3.00 bits per heavy atom. The fourth-order valence-electron chi connectivity index (χ4n) is 1.09. The minimum atomic E-state index is 0.00588. The van der Waals surface area contributed by atoms with E-state index in [-0.39, 0.29) is 5.91 Å². The van der Waals surface area contributed by atoms with Crippen molar-refractivity contribution < 1.29 is 4.79 Å². The highest BCUT2D eigenvalue weighted by atomic mass is 16.1. The Morgan fingerprint density at radius 2 is 2.46 bits per heavy atom. The van der Waals surface area contributed by atoms with Crippen molar-refractivity contribution in [3.05, 3.63) is 24.0 Å². The van der Waals surface area contributed by atoms with Gasteiger partial charge in [0.05, 0.1) is 0 Å². The molecule has 3 N–H and O–H groups in total. The second-order valence-corrected chi connectivity index (χ2v) is 3.00. The van der Waals surface area contributed by atoms with E-state index in [2.05, 4.69) is 5.32 Å². The quantitative estimate of drug-likeness (QED) is 0.686. The Morgan fingerprint density at radius 1 is 1.69 bits per heavy atom.